The van der Waals surface area contributed by atoms with Crippen LogP contribution in [0.3, 0.4) is 0 Å². The van der Waals surface area contributed by atoms with E-state index in [1.54, 1.807) is 36.5 Å². The van der Waals surface area contributed by atoms with Gasteiger partial charge in [0.05, 0.1) is 12.8 Å². The number of amides is 1. The van der Waals surface area contributed by atoms with Gasteiger partial charge in [-0.05, 0) is 30.2 Å². The van der Waals surface area contributed by atoms with Crippen LogP contribution in [0.1, 0.15) is 29.8 Å². The van der Waals surface area contributed by atoms with Gasteiger partial charge in [-0.15, -0.1) is 0 Å². The molecule has 1 amide bonds. The van der Waals surface area contributed by atoms with Crippen LogP contribution in [0.5, 0.6) is 5.75 Å². The fraction of sp³-hybridized carbons (Fsp3) is 0.375. The van der Waals surface area contributed by atoms with E-state index in [0.717, 1.165) is 11.3 Å². The highest BCUT2D eigenvalue weighted by atomic mass is 16.5. The average molecular weight is 287 g/mol. The molecule has 1 aromatic heterocycles. The van der Waals surface area contributed by atoms with E-state index in [0.29, 0.717) is 24.6 Å². The number of hydrogen-bond donors (Lipinski definition) is 1. The summed E-state index contributed by atoms with van der Waals surface area (Å²) in [5, 5.41) is 6.61. The smallest absolute Gasteiger partial charge is 0.253 e. The van der Waals surface area contributed by atoms with Crippen molar-refractivity contribution in [1.82, 2.24) is 15.1 Å². The van der Waals surface area contributed by atoms with Crippen molar-refractivity contribution in [2.75, 3.05) is 13.7 Å². The molecule has 1 N–H and O–H groups in total. The largest absolute Gasteiger partial charge is 0.493 e. The fourth-order valence-electron chi connectivity index (χ4n) is 1.89. The Hall–Kier alpha value is -2.30. The van der Waals surface area contributed by atoms with Crippen LogP contribution in [-0.4, -0.2) is 34.7 Å². The Labute approximate surface area is 124 Å². The van der Waals surface area contributed by atoms with E-state index < -0.39 is 0 Å². The second-order valence-corrected chi connectivity index (χ2v) is 5.50. The summed E-state index contributed by atoms with van der Waals surface area (Å²) in [7, 11) is 1.78. The molecule has 0 aliphatic carbocycles. The molecule has 2 aromatic rings. The van der Waals surface area contributed by atoms with E-state index in [-0.39, 0.29) is 5.91 Å². The van der Waals surface area contributed by atoms with E-state index in [9.17, 15) is 4.79 Å². The minimum atomic E-state index is -0.0217. The molecular formula is C16H21N3O2. The maximum Gasteiger partial charge on any atom is 0.253 e. The van der Waals surface area contributed by atoms with Crippen LogP contribution >= 0.6 is 0 Å². The zero-order valence-corrected chi connectivity index (χ0v) is 12.7. The van der Waals surface area contributed by atoms with Gasteiger partial charge in [-0.25, -0.2) is 0 Å². The fourth-order valence-corrected chi connectivity index (χ4v) is 1.89. The molecule has 0 atom stereocenters. The highest BCUT2D eigenvalue weighted by Crippen LogP contribution is 2.15. The molecule has 2 rings (SSSR count). The first-order valence-corrected chi connectivity index (χ1v) is 7.02. The third-order valence-electron chi connectivity index (χ3n) is 3.01. The van der Waals surface area contributed by atoms with Crippen molar-refractivity contribution in [2.45, 2.75) is 20.4 Å². The van der Waals surface area contributed by atoms with Crippen LogP contribution < -0.4 is 4.74 Å². The molecule has 0 unspecified atom stereocenters. The van der Waals surface area contributed by atoms with Gasteiger partial charge in [-0.3, -0.25) is 9.89 Å². The average Bonchev–Trinajstić information content (AvgIpc) is 2.97. The molecule has 5 nitrogen and oxygen atoms in total. The number of carbonyl (C=O) groups is 1. The quantitative estimate of drug-likeness (QED) is 0.888. The highest BCUT2D eigenvalue weighted by molar-refractivity contribution is 5.94. The van der Waals surface area contributed by atoms with Gasteiger partial charge in [0.15, 0.2) is 0 Å². The Morgan fingerprint density at radius 3 is 2.62 bits per heavy atom. The number of ether oxygens (including phenoxy) is 1. The summed E-state index contributed by atoms with van der Waals surface area (Å²) in [6.07, 6.45) is 3.50. The van der Waals surface area contributed by atoms with Gasteiger partial charge in [-0.1, -0.05) is 13.8 Å². The van der Waals surface area contributed by atoms with E-state index in [1.807, 2.05) is 12.1 Å². The normalized spacial score (nSPS) is 10.7. The summed E-state index contributed by atoms with van der Waals surface area (Å²) in [5.74, 6) is 1.25. The standard InChI is InChI=1S/C16H21N3O2/c1-12(2)11-21-15-6-4-14(5-7-15)16(20)19(3)10-13-8-17-18-9-13/h4-9,12H,10-11H2,1-3H3,(H,17,18). The number of hydrogen-bond acceptors (Lipinski definition) is 3. The molecule has 0 spiro atoms. The molecule has 5 heteroatoms. The van der Waals surface area contributed by atoms with Crippen molar-refractivity contribution in [3.63, 3.8) is 0 Å². The molecule has 0 radical (unpaired) electrons. The van der Waals surface area contributed by atoms with Gasteiger partial charge in [0.25, 0.3) is 5.91 Å². The number of rotatable bonds is 6. The molecular weight excluding hydrogens is 266 g/mol. The first-order valence-electron chi connectivity index (χ1n) is 7.02. The van der Waals surface area contributed by atoms with Crippen LogP contribution in [0.4, 0.5) is 0 Å². The monoisotopic (exact) mass is 287 g/mol. The van der Waals surface area contributed by atoms with Crippen LogP contribution in [0.2, 0.25) is 0 Å². The number of H-pyrrole nitrogens is 1. The Morgan fingerprint density at radius 2 is 2.05 bits per heavy atom. The summed E-state index contributed by atoms with van der Waals surface area (Å²) in [6.45, 7) is 5.40. The van der Waals surface area contributed by atoms with Crippen LogP contribution in [0.15, 0.2) is 36.7 Å². The first-order chi connectivity index (χ1) is 10.1. The summed E-state index contributed by atoms with van der Waals surface area (Å²) >= 11 is 0. The van der Waals surface area contributed by atoms with Gasteiger partial charge in [-0.2, -0.15) is 5.10 Å². The van der Waals surface area contributed by atoms with Crippen LogP contribution in [0, 0.1) is 5.92 Å². The molecule has 0 saturated heterocycles. The Balaban J connectivity index is 1.95. The van der Waals surface area contributed by atoms with E-state index in [2.05, 4.69) is 24.0 Å². The minimum Gasteiger partial charge on any atom is -0.493 e. The zero-order valence-electron chi connectivity index (χ0n) is 12.7. The molecule has 0 aliphatic rings. The lowest BCUT2D eigenvalue weighted by molar-refractivity contribution is 0.0785. The van der Waals surface area contributed by atoms with E-state index in [1.165, 1.54) is 0 Å². The zero-order chi connectivity index (χ0) is 15.2. The summed E-state index contributed by atoms with van der Waals surface area (Å²) in [5.41, 5.74) is 1.63. The molecule has 0 aliphatic heterocycles. The summed E-state index contributed by atoms with van der Waals surface area (Å²) < 4.78 is 5.61. The predicted molar refractivity (Wildman–Crippen MR) is 81.2 cm³/mol. The van der Waals surface area contributed by atoms with Gasteiger partial charge in [0.1, 0.15) is 5.75 Å². The maximum atomic E-state index is 12.3. The van der Waals surface area contributed by atoms with Crippen molar-refractivity contribution >= 4 is 5.91 Å². The van der Waals surface area contributed by atoms with Gasteiger partial charge >= 0.3 is 0 Å². The summed E-state index contributed by atoms with van der Waals surface area (Å²) in [6, 6.07) is 7.26. The number of nitrogens with zero attached hydrogens (tertiary/aromatic N) is 2. The third kappa shape index (κ3) is 4.34. The second-order valence-electron chi connectivity index (χ2n) is 5.50. The molecule has 0 saturated carbocycles. The molecule has 0 fully saturated rings. The number of aromatic amines is 1. The minimum absolute atomic E-state index is 0.0217. The number of benzene rings is 1. The van der Waals surface area contributed by atoms with Crippen molar-refractivity contribution in [1.29, 1.82) is 0 Å². The van der Waals surface area contributed by atoms with Crippen LogP contribution in [-0.2, 0) is 6.54 Å². The topological polar surface area (TPSA) is 58.2 Å². The maximum absolute atomic E-state index is 12.3. The van der Waals surface area contributed by atoms with Crippen molar-refractivity contribution < 1.29 is 9.53 Å². The lowest BCUT2D eigenvalue weighted by Gasteiger charge is -2.16. The van der Waals surface area contributed by atoms with Crippen LogP contribution in [0.25, 0.3) is 0 Å². The Morgan fingerprint density at radius 1 is 1.33 bits per heavy atom. The SMILES string of the molecule is CC(C)COc1ccc(C(=O)N(C)Cc2cn[nH]c2)cc1. The third-order valence-corrected chi connectivity index (χ3v) is 3.01. The number of carbonyl (C=O) groups excluding carboxylic acids is 1. The van der Waals surface area contributed by atoms with E-state index in [4.69, 9.17) is 4.74 Å². The predicted octanol–water partition coefficient (Wildman–Crippen LogP) is 2.72. The Bertz CT molecular complexity index is 562. The lowest BCUT2D eigenvalue weighted by atomic mass is 10.2. The highest BCUT2D eigenvalue weighted by Gasteiger charge is 2.12. The van der Waals surface area contributed by atoms with E-state index >= 15 is 0 Å². The van der Waals surface area contributed by atoms with Crippen molar-refractivity contribution in [3.05, 3.63) is 47.8 Å². The van der Waals surface area contributed by atoms with Gasteiger partial charge in [0, 0.05) is 30.9 Å². The Kier molecular flexibility index (Phi) is 4.98. The number of nitrogens with one attached hydrogen (secondary N) is 1. The van der Waals surface area contributed by atoms with Gasteiger partial charge < -0.3 is 9.64 Å². The molecule has 21 heavy (non-hydrogen) atoms. The number of aromatic nitrogens is 2. The summed E-state index contributed by atoms with van der Waals surface area (Å²) in [4.78, 5) is 14.0. The first kappa shape index (κ1) is 15.1. The molecule has 1 aromatic carbocycles. The van der Waals surface area contributed by atoms with Crippen molar-refractivity contribution in [2.24, 2.45) is 5.92 Å². The van der Waals surface area contributed by atoms with Crippen molar-refractivity contribution in [3.8, 4) is 5.75 Å². The van der Waals surface area contributed by atoms with Gasteiger partial charge in [0.2, 0.25) is 0 Å². The molecule has 1 heterocycles. The molecule has 112 valence electrons. The lowest BCUT2D eigenvalue weighted by Crippen LogP contribution is -2.25. The second kappa shape index (κ2) is 6.92. The molecule has 0 bridgehead atoms.